The van der Waals surface area contributed by atoms with Gasteiger partial charge in [-0.05, 0) is 35.4 Å². The van der Waals surface area contributed by atoms with Gasteiger partial charge in [0.25, 0.3) is 0 Å². The second-order valence-electron chi connectivity index (χ2n) is 4.26. The largest absolute Gasteiger partial charge is 0.497 e. The molecule has 0 aromatic heterocycles. The molecule has 0 aliphatic carbocycles. The minimum atomic E-state index is -0.909. The van der Waals surface area contributed by atoms with Crippen molar-refractivity contribution in [2.45, 2.75) is 13.1 Å². The van der Waals surface area contributed by atoms with E-state index in [0.29, 0.717) is 18.7 Å². The highest BCUT2D eigenvalue weighted by molar-refractivity contribution is 5.87. The number of hydrogen-bond donors (Lipinski definition) is 3. The molecule has 0 bridgehead atoms. The number of aromatic carboxylic acids is 1. The summed E-state index contributed by atoms with van der Waals surface area (Å²) in [4.78, 5) is 10.4. The summed E-state index contributed by atoms with van der Waals surface area (Å²) < 4.78 is 5.00. The zero-order valence-corrected chi connectivity index (χ0v) is 12.0. The highest BCUT2D eigenvalue weighted by Crippen LogP contribution is 2.11. The Morgan fingerprint density at radius 2 is 1.67 bits per heavy atom. The number of carboxylic acid groups (broad SMARTS) is 1. The molecule has 2 aromatic rings. The molecule has 0 unspecified atom stereocenters. The average molecular weight is 288 g/mol. The Hall–Kier alpha value is -2.37. The summed E-state index contributed by atoms with van der Waals surface area (Å²) in [5, 5.41) is 8.52. The number of rotatable bonds is 4. The molecule has 0 aliphatic rings. The molecule has 0 heterocycles. The van der Waals surface area contributed by atoms with Crippen LogP contribution in [0.15, 0.2) is 48.5 Å². The molecule has 0 amide bonds. The number of hydrogen-bond acceptors (Lipinski definition) is 4. The van der Waals surface area contributed by atoms with Crippen LogP contribution in [-0.4, -0.2) is 18.2 Å². The maximum Gasteiger partial charge on any atom is 0.335 e. The first kappa shape index (κ1) is 16.7. The van der Waals surface area contributed by atoms with E-state index < -0.39 is 5.97 Å². The molecule has 2 rings (SSSR count). The average Bonchev–Trinajstić information content (AvgIpc) is 2.55. The van der Waals surface area contributed by atoms with Gasteiger partial charge in [-0.2, -0.15) is 0 Å². The zero-order chi connectivity index (χ0) is 15.7. The summed E-state index contributed by atoms with van der Waals surface area (Å²) >= 11 is 0. The van der Waals surface area contributed by atoms with Gasteiger partial charge in [0, 0.05) is 13.1 Å². The number of benzene rings is 2. The summed E-state index contributed by atoms with van der Waals surface area (Å²) in [5.41, 5.74) is 13.1. The van der Waals surface area contributed by atoms with Crippen molar-refractivity contribution in [1.82, 2.24) is 0 Å². The molecule has 2 aromatic carbocycles. The molecule has 21 heavy (non-hydrogen) atoms. The van der Waals surface area contributed by atoms with Gasteiger partial charge in [0.15, 0.2) is 0 Å². The Labute approximate surface area is 124 Å². The number of nitrogens with two attached hydrogens (primary N) is 2. The van der Waals surface area contributed by atoms with Crippen molar-refractivity contribution in [3.05, 3.63) is 65.2 Å². The quantitative estimate of drug-likeness (QED) is 0.799. The summed E-state index contributed by atoms with van der Waals surface area (Å²) in [7, 11) is 1.65. The summed E-state index contributed by atoms with van der Waals surface area (Å²) in [6, 6.07) is 14.3. The highest BCUT2D eigenvalue weighted by atomic mass is 16.5. The van der Waals surface area contributed by atoms with Crippen molar-refractivity contribution in [3.63, 3.8) is 0 Å². The maximum absolute atomic E-state index is 10.4. The molecule has 0 atom stereocenters. The van der Waals surface area contributed by atoms with Crippen molar-refractivity contribution in [1.29, 1.82) is 0 Å². The van der Waals surface area contributed by atoms with Gasteiger partial charge in [-0.25, -0.2) is 4.79 Å². The van der Waals surface area contributed by atoms with E-state index in [9.17, 15) is 4.79 Å². The first-order chi connectivity index (χ1) is 10.1. The van der Waals surface area contributed by atoms with Crippen LogP contribution in [0.3, 0.4) is 0 Å². The van der Waals surface area contributed by atoms with Crippen molar-refractivity contribution in [2.75, 3.05) is 7.11 Å². The van der Waals surface area contributed by atoms with Crippen LogP contribution in [0, 0.1) is 0 Å². The lowest BCUT2D eigenvalue weighted by atomic mass is 10.1. The fourth-order valence-electron chi connectivity index (χ4n) is 1.58. The van der Waals surface area contributed by atoms with Gasteiger partial charge in [0.05, 0.1) is 12.7 Å². The van der Waals surface area contributed by atoms with E-state index in [-0.39, 0.29) is 0 Å². The molecular formula is C16H20N2O3. The van der Waals surface area contributed by atoms with Gasteiger partial charge in [-0.3, -0.25) is 0 Å². The van der Waals surface area contributed by atoms with Crippen molar-refractivity contribution >= 4 is 5.97 Å². The second kappa shape index (κ2) is 8.73. The Bertz CT molecular complexity index is 549. The molecule has 5 heteroatoms. The summed E-state index contributed by atoms with van der Waals surface area (Å²) in [6.45, 7) is 1.01. The van der Waals surface area contributed by atoms with E-state index in [0.717, 1.165) is 16.9 Å². The number of carbonyl (C=O) groups is 1. The van der Waals surface area contributed by atoms with Crippen molar-refractivity contribution < 1.29 is 14.6 Å². The minimum Gasteiger partial charge on any atom is -0.497 e. The molecule has 0 fully saturated rings. The fourth-order valence-corrected chi connectivity index (χ4v) is 1.58. The molecule has 0 aliphatic heterocycles. The summed E-state index contributed by atoms with van der Waals surface area (Å²) in [6.07, 6.45) is 0. The number of carboxylic acids is 1. The lowest BCUT2D eigenvalue weighted by Gasteiger charge is -2.00. The van der Waals surface area contributed by atoms with E-state index in [1.54, 1.807) is 31.4 Å². The predicted molar refractivity (Wildman–Crippen MR) is 82.2 cm³/mol. The first-order valence-electron chi connectivity index (χ1n) is 6.46. The molecule has 0 spiro atoms. The third kappa shape index (κ3) is 5.64. The Morgan fingerprint density at radius 3 is 2.14 bits per heavy atom. The van der Waals surface area contributed by atoms with Gasteiger partial charge >= 0.3 is 5.97 Å². The van der Waals surface area contributed by atoms with E-state index in [4.69, 9.17) is 21.3 Å². The monoisotopic (exact) mass is 288 g/mol. The normalized spacial score (nSPS) is 9.48. The first-order valence-corrected chi connectivity index (χ1v) is 6.46. The molecule has 0 saturated heterocycles. The fraction of sp³-hybridized carbons (Fsp3) is 0.188. The molecule has 0 saturated carbocycles. The second-order valence-corrected chi connectivity index (χ2v) is 4.26. The van der Waals surface area contributed by atoms with Crippen LogP contribution >= 0.6 is 0 Å². The van der Waals surface area contributed by atoms with E-state index in [1.165, 1.54) is 0 Å². The van der Waals surface area contributed by atoms with Gasteiger partial charge < -0.3 is 21.3 Å². The van der Waals surface area contributed by atoms with Gasteiger partial charge in [0.1, 0.15) is 5.75 Å². The molecule has 0 radical (unpaired) electrons. The zero-order valence-electron chi connectivity index (χ0n) is 12.0. The van der Waals surface area contributed by atoms with Gasteiger partial charge in [-0.1, -0.05) is 24.3 Å². The number of ether oxygens (including phenoxy) is 1. The molecular weight excluding hydrogens is 268 g/mol. The van der Waals surface area contributed by atoms with E-state index in [1.807, 2.05) is 24.3 Å². The topological polar surface area (TPSA) is 98.6 Å². The predicted octanol–water partition coefficient (Wildman–Crippen LogP) is 2.00. The van der Waals surface area contributed by atoms with Crippen LogP contribution in [0.2, 0.25) is 0 Å². The third-order valence-corrected chi connectivity index (χ3v) is 2.81. The van der Waals surface area contributed by atoms with Crippen LogP contribution in [0.25, 0.3) is 0 Å². The lowest BCUT2D eigenvalue weighted by Crippen LogP contribution is -1.99. The van der Waals surface area contributed by atoms with Crippen LogP contribution in [0.4, 0.5) is 0 Å². The molecule has 5 N–H and O–H groups in total. The lowest BCUT2D eigenvalue weighted by molar-refractivity contribution is 0.0697. The van der Waals surface area contributed by atoms with Crippen LogP contribution < -0.4 is 16.2 Å². The summed E-state index contributed by atoms with van der Waals surface area (Å²) in [5.74, 6) is -0.0449. The third-order valence-electron chi connectivity index (χ3n) is 2.81. The number of methoxy groups -OCH3 is 1. The maximum atomic E-state index is 10.4. The van der Waals surface area contributed by atoms with Crippen molar-refractivity contribution in [2.24, 2.45) is 11.5 Å². The van der Waals surface area contributed by atoms with Gasteiger partial charge in [-0.15, -0.1) is 0 Å². The highest BCUT2D eigenvalue weighted by Gasteiger charge is 1.99. The van der Waals surface area contributed by atoms with Crippen LogP contribution in [0.5, 0.6) is 5.75 Å². The Morgan fingerprint density at radius 1 is 1.05 bits per heavy atom. The van der Waals surface area contributed by atoms with E-state index >= 15 is 0 Å². The SMILES string of the molecule is COc1cccc(CN)c1.NCc1ccc(C(=O)O)cc1. The minimum absolute atomic E-state index is 0.294. The van der Waals surface area contributed by atoms with Gasteiger partial charge in [0.2, 0.25) is 0 Å². The van der Waals surface area contributed by atoms with E-state index in [2.05, 4.69) is 0 Å². The van der Waals surface area contributed by atoms with Crippen LogP contribution in [-0.2, 0) is 13.1 Å². The van der Waals surface area contributed by atoms with Crippen LogP contribution in [0.1, 0.15) is 21.5 Å². The molecule has 112 valence electrons. The Balaban J connectivity index is 0.000000211. The van der Waals surface area contributed by atoms with Crippen molar-refractivity contribution in [3.8, 4) is 5.75 Å². The Kier molecular flexibility index (Phi) is 6.94. The molecule has 5 nitrogen and oxygen atoms in total. The smallest absolute Gasteiger partial charge is 0.335 e. The standard InChI is InChI=1S/C8H9NO2.C8H11NO/c9-5-6-1-3-7(4-2-6)8(10)11;1-10-8-4-2-3-7(5-8)6-9/h1-4H,5,9H2,(H,10,11);2-5H,6,9H2,1H3.